The van der Waals surface area contributed by atoms with E-state index in [1.54, 1.807) is 0 Å². The van der Waals surface area contributed by atoms with Gasteiger partial charge >= 0.3 is 5.97 Å². The van der Waals surface area contributed by atoms with Crippen LogP contribution in [0.3, 0.4) is 0 Å². The summed E-state index contributed by atoms with van der Waals surface area (Å²) in [5, 5.41) is 8.88. The molecule has 0 bridgehead atoms. The first-order valence-electron chi connectivity index (χ1n) is 8.75. The molecule has 0 saturated carbocycles. The molecule has 1 N–H and O–H groups in total. The van der Waals surface area contributed by atoms with Crippen LogP contribution in [0.5, 0.6) is 0 Å². The Morgan fingerprint density at radius 1 is 1.25 bits per heavy atom. The number of carboxylic acid groups (broad SMARTS) is 1. The monoisotopic (exact) mass is 332 g/mol. The van der Waals surface area contributed by atoms with E-state index in [1.165, 1.54) is 0 Å². The van der Waals surface area contributed by atoms with Crippen LogP contribution in [0.25, 0.3) is 0 Å². The van der Waals surface area contributed by atoms with Crippen LogP contribution in [0, 0.1) is 0 Å². The maximum absolute atomic E-state index is 12.6. The molecule has 5 heteroatoms. The van der Waals surface area contributed by atoms with Gasteiger partial charge in [0.15, 0.2) is 0 Å². The summed E-state index contributed by atoms with van der Waals surface area (Å²) in [6.45, 7) is 0.765. The van der Waals surface area contributed by atoms with E-state index in [4.69, 9.17) is 5.11 Å². The Hall–Kier alpha value is -2.04. The number of nitrogens with zero attached hydrogens (tertiary/aromatic N) is 2. The van der Waals surface area contributed by atoms with Crippen LogP contribution >= 0.6 is 0 Å². The first-order valence-corrected chi connectivity index (χ1v) is 8.75. The van der Waals surface area contributed by atoms with Crippen molar-refractivity contribution < 1.29 is 14.7 Å². The van der Waals surface area contributed by atoms with Crippen LogP contribution in [0.2, 0.25) is 0 Å². The lowest BCUT2D eigenvalue weighted by Gasteiger charge is -2.36. The van der Waals surface area contributed by atoms with Crippen molar-refractivity contribution in [2.75, 3.05) is 25.5 Å². The van der Waals surface area contributed by atoms with E-state index in [-0.39, 0.29) is 18.4 Å². The van der Waals surface area contributed by atoms with Gasteiger partial charge in [-0.05, 0) is 49.8 Å². The molecule has 0 aliphatic carbocycles. The Labute approximate surface area is 144 Å². The van der Waals surface area contributed by atoms with Crippen LogP contribution in [0.15, 0.2) is 24.3 Å². The Kier molecular flexibility index (Phi) is 6.64. The number of carbonyl (C=O) groups is 2. The zero-order valence-electron chi connectivity index (χ0n) is 14.7. The lowest BCUT2D eigenvalue weighted by atomic mass is 9.97. The first kappa shape index (κ1) is 18.3. The second-order valence-electron chi connectivity index (χ2n) is 6.73. The van der Waals surface area contributed by atoms with E-state index in [0.717, 1.165) is 43.5 Å². The molecule has 1 atom stereocenters. The zero-order chi connectivity index (χ0) is 17.5. The molecule has 24 heavy (non-hydrogen) atoms. The highest BCUT2D eigenvalue weighted by Gasteiger charge is 2.26. The lowest BCUT2D eigenvalue weighted by molar-refractivity contribution is -0.140. The third-order valence-electron chi connectivity index (χ3n) is 4.69. The molecule has 0 aromatic heterocycles. The van der Waals surface area contributed by atoms with Crippen molar-refractivity contribution in [3.8, 4) is 0 Å². The molecule has 1 saturated heterocycles. The predicted molar refractivity (Wildman–Crippen MR) is 95.3 cm³/mol. The zero-order valence-corrected chi connectivity index (χ0v) is 14.7. The molecule has 1 amide bonds. The minimum absolute atomic E-state index is 0.0930. The highest BCUT2D eigenvalue weighted by atomic mass is 16.4. The van der Waals surface area contributed by atoms with E-state index < -0.39 is 5.97 Å². The van der Waals surface area contributed by atoms with Gasteiger partial charge in [-0.1, -0.05) is 12.1 Å². The number of carboxylic acids is 1. The Balaban J connectivity index is 1.92. The molecule has 1 aromatic rings. The summed E-state index contributed by atoms with van der Waals surface area (Å²) in [7, 11) is 4.01. The fourth-order valence-corrected chi connectivity index (χ4v) is 3.30. The van der Waals surface area contributed by atoms with E-state index >= 15 is 0 Å². The maximum Gasteiger partial charge on any atom is 0.303 e. The number of hydrogen-bond donors (Lipinski definition) is 1. The van der Waals surface area contributed by atoms with Gasteiger partial charge in [0.1, 0.15) is 0 Å². The molecule has 2 rings (SSSR count). The van der Waals surface area contributed by atoms with E-state index in [2.05, 4.69) is 23.1 Å². The fourth-order valence-electron chi connectivity index (χ4n) is 3.30. The van der Waals surface area contributed by atoms with Gasteiger partial charge in [-0.2, -0.15) is 0 Å². The molecule has 1 heterocycles. The molecular formula is C19H28N2O3. The third kappa shape index (κ3) is 5.25. The average molecular weight is 332 g/mol. The maximum atomic E-state index is 12.6. The molecule has 132 valence electrons. The minimum Gasteiger partial charge on any atom is -0.481 e. The molecular weight excluding hydrogens is 304 g/mol. The number of amides is 1. The quantitative estimate of drug-likeness (QED) is 0.834. The third-order valence-corrected chi connectivity index (χ3v) is 4.69. The summed E-state index contributed by atoms with van der Waals surface area (Å²) in [5.74, 6) is -0.631. The van der Waals surface area contributed by atoms with Crippen LogP contribution < -0.4 is 4.90 Å². The SMILES string of the molecule is CN(C)c1cccc(CCC(=O)N2CCCCC2CCC(=O)O)c1. The molecule has 0 radical (unpaired) electrons. The molecule has 1 aromatic carbocycles. The average Bonchev–Trinajstić information content (AvgIpc) is 2.58. The van der Waals surface area contributed by atoms with Crippen LogP contribution in [-0.2, 0) is 16.0 Å². The first-order chi connectivity index (χ1) is 11.5. The van der Waals surface area contributed by atoms with Crippen LogP contribution in [-0.4, -0.2) is 48.6 Å². The second kappa shape index (κ2) is 8.71. The fraction of sp³-hybridized carbons (Fsp3) is 0.579. The number of carbonyl (C=O) groups excluding carboxylic acids is 1. The number of aryl methyl sites for hydroxylation is 1. The lowest BCUT2D eigenvalue weighted by Crippen LogP contribution is -2.44. The molecule has 5 nitrogen and oxygen atoms in total. The van der Waals surface area contributed by atoms with Gasteiger partial charge in [-0.25, -0.2) is 0 Å². The van der Waals surface area contributed by atoms with Gasteiger partial charge in [0.05, 0.1) is 0 Å². The van der Waals surface area contributed by atoms with Gasteiger partial charge in [0.2, 0.25) is 5.91 Å². The summed E-state index contributed by atoms with van der Waals surface area (Å²) in [5.41, 5.74) is 2.30. The normalized spacial score (nSPS) is 17.6. The summed E-state index contributed by atoms with van der Waals surface area (Å²) < 4.78 is 0. The van der Waals surface area contributed by atoms with E-state index in [1.807, 2.05) is 25.1 Å². The second-order valence-corrected chi connectivity index (χ2v) is 6.73. The van der Waals surface area contributed by atoms with Gasteiger partial charge in [0.25, 0.3) is 0 Å². The van der Waals surface area contributed by atoms with E-state index in [9.17, 15) is 9.59 Å². The van der Waals surface area contributed by atoms with Crippen molar-refractivity contribution in [2.24, 2.45) is 0 Å². The van der Waals surface area contributed by atoms with Crippen molar-refractivity contribution in [3.63, 3.8) is 0 Å². The Morgan fingerprint density at radius 3 is 2.75 bits per heavy atom. The summed E-state index contributed by atoms with van der Waals surface area (Å²) in [6.07, 6.45) is 4.94. The summed E-state index contributed by atoms with van der Waals surface area (Å²) >= 11 is 0. The number of rotatable bonds is 7. The highest BCUT2D eigenvalue weighted by Crippen LogP contribution is 2.22. The van der Waals surface area contributed by atoms with Crippen molar-refractivity contribution in [2.45, 2.75) is 51.0 Å². The van der Waals surface area contributed by atoms with Gasteiger partial charge in [-0.15, -0.1) is 0 Å². The molecule has 1 fully saturated rings. The van der Waals surface area contributed by atoms with Crippen molar-refractivity contribution in [1.82, 2.24) is 4.90 Å². The Morgan fingerprint density at radius 2 is 2.04 bits per heavy atom. The topological polar surface area (TPSA) is 60.9 Å². The summed E-state index contributed by atoms with van der Waals surface area (Å²) in [6, 6.07) is 8.34. The molecule has 0 spiro atoms. The van der Waals surface area contributed by atoms with Crippen LogP contribution in [0.4, 0.5) is 5.69 Å². The largest absolute Gasteiger partial charge is 0.481 e. The van der Waals surface area contributed by atoms with Gasteiger partial charge < -0.3 is 14.9 Å². The molecule has 1 unspecified atom stereocenters. The number of piperidine rings is 1. The number of hydrogen-bond acceptors (Lipinski definition) is 3. The smallest absolute Gasteiger partial charge is 0.303 e. The van der Waals surface area contributed by atoms with Gasteiger partial charge in [0, 0.05) is 45.2 Å². The van der Waals surface area contributed by atoms with Crippen LogP contribution in [0.1, 0.15) is 44.1 Å². The molecule has 1 aliphatic rings. The number of likely N-dealkylation sites (tertiary alicyclic amines) is 1. The van der Waals surface area contributed by atoms with Gasteiger partial charge in [-0.3, -0.25) is 9.59 Å². The minimum atomic E-state index is -0.784. The van der Waals surface area contributed by atoms with Crippen molar-refractivity contribution in [1.29, 1.82) is 0 Å². The standard InChI is InChI=1S/C19H28N2O3/c1-20(2)17-8-5-6-15(14-17)9-11-18(22)21-13-4-3-7-16(21)10-12-19(23)24/h5-6,8,14,16H,3-4,7,9-13H2,1-2H3,(H,23,24). The van der Waals surface area contributed by atoms with E-state index in [0.29, 0.717) is 12.8 Å². The van der Waals surface area contributed by atoms with Crippen molar-refractivity contribution >= 4 is 17.6 Å². The molecule has 1 aliphatic heterocycles. The number of aliphatic carboxylic acids is 1. The number of benzene rings is 1. The highest BCUT2D eigenvalue weighted by molar-refractivity contribution is 5.77. The predicted octanol–water partition coefficient (Wildman–Crippen LogP) is 2.93. The number of anilines is 1. The summed E-state index contributed by atoms with van der Waals surface area (Å²) in [4.78, 5) is 27.4. The van der Waals surface area contributed by atoms with Crippen molar-refractivity contribution in [3.05, 3.63) is 29.8 Å². The Bertz CT molecular complexity index is 571.